The highest BCUT2D eigenvalue weighted by Crippen LogP contribution is 2.26. The van der Waals surface area contributed by atoms with Crippen LogP contribution in [0.15, 0.2) is 45.8 Å². The summed E-state index contributed by atoms with van der Waals surface area (Å²) >= 11 is 3.30. The summed E-state index contributed by atoms with van der Waals surface area (Å²) in [5.74, 6) is 0.719. The largest absolute Gasteiger partial charge is 0.496 e. The summed E-state index contributed by atoms with van der Waals surface area (Å²) in [7, 11) is -2.04. The molecule has 0 aromatic heterocycles. The molecule has 0 spiro atoms. The van der Waals surface area contributed by atoms with Crippen LogP contribution in [0.1, 0.15) is 11.1 Å². The van der Waals surface area contributed by atoms with Gasteiger partial charge in [-0.05, 0) is 55.3 Å². The molecule has 0 amide bonds. The molecule has 2 aromatic rings. The highest BCUT2D eigenvalue weighted by Gasteiger charge is 2.17. The average Bonchev–Trinajstić information content (AvgIpc) is 2.41. The summed E-state index contributed by atoms with van der Waals surface area (Å²) in [4.78, 5) is 0.255. The highest BCUT2D eigenvalue weighted by atomic mass is 79.9. The van der Waals surface area contributed by atoms with Crippen LogP contribution >= 0.6 is 15.9 Å². The quantitative estimate of drug-likeness (QED) is 0.889. The Balaban J connectivity index is 2.37. The Bertz CT molecular complexity index is 772. The number of hydrogen-bond acceptors (Lipinski definition) is 3. The Morgan fingerprint density at radius 2 is 1.76 bits per heavy atom. The molecule has 112 valence electrons. The molecular weight excluding hydrogens is 354 g/mol. The second kappa shape index (κ2) is 6.07. The molecule has 0 saturated heterocycles. The van der Waals surface area contributed by atoms with Crippen molar-refractivity contribution >= 4 is 31.6 Å². The summed E-state index contributed by atoms with van der Waals surface area (Å²) in [6.07, 6.45) is 0. The van der Waals surface area contributed by atoms with Gasteiger partial charge < -0.3 is 4.74 Å². The maximum Gasteiger partial charge on any atom is 0.262 e. The van der Waals surface area contributed by atoms with Crippen LogP contribution in [0.25, 0.3) is 0 Å². The number of rotatable bonds is 4. The van der Waals surface area contributed by atoms with Crippen molar-refractivity contribution in [3.05, 3.63) is 52.0 Å². The molecule has 6 heteroatoms. The van der Waals surface area contributed by atoms with Crippen molar-refractivity contribution in [3.63, 3.8) is 0 Å². The molecule has 0 aliphatic heterocycles. The second-order valence-electron chi connectivity index (χ2n) is 4.70. The molecule has 0 aliphatic rings. The topological polar surface area (TPSA) is 55.4 Å². The van der Waals surface area contributed by atoms with Gasteiger partial charge in [0.05, 0.1) is 12.0 Å². The molecule has 0 saturated carbocycles. The predicted molar refractivity (Wildman–Crippen MR) is 87.4 cm³/mol. The van der Waals surface area contributed by atoms with Gasteiger partial charge in [0.2, 0.25) is 0 Å². The first-order valence-electron chi connectivity index (χ1n) is 6.27. The first-order chi connectivity index (χ1) is 9.83. The highest BCUT2D eigenvalue weighted by molar-refractivity contribution is 9.10. The number of ether oxygens (including phenoxy) is 1. The molecule has 0 atom stereocenters. The zero-order chi connectivity index (χ0) is 15.6. The van der Waals surface area contributed by atoms with Crippen LogP contribution in [0.3, 0.4) is 0 Å². The van der Waals surface area contributed by atoms with Crippen LogP contribution in [0.2, 0.25) is 0 Å². The molecule has 4 nitrogen and oxygen atoms in total. The van der Waals surface area contributed by atoms with E-state index in [0.717, 1.165) is 15.8 Å². The van der Waals surface area contributed by atoms with Crippen molar-refractivity contribution in [2.24, 2.45) is 0 Å². The molecule has 0 heterocycles. The fourth-order valence-corrected chi connectivity index (χ4v) is 3.85. The maximum atomic E-state index is 12.5. The Morgan fingerprint density at radius 1 is 1.05 bits per heavy atom. The van der Waals surface area contributed by atoms with Crippen LogP contribution in [0, 0.1) is 13.8 Å². The van der Waals surface area contributed by atoms with Crippen LogP contribution in [-0.4, -0.2) is 15.5 Å². The Morgan fingerprint density at radius 3 is 2.38 bits per heavy atom. The van der Waals surface area contributed by atoms with Crippen molar-refractivity contribution < 1.29 is 13.2 Å². The van der Waals surface area contributed by atoms with Gasteiger partial charge in [-0.25, -0.2) is 8.42 Å². The number of hydrogen-bond donors (Lipinski definition) is 1. The molecule has 2 aromatic carbocycles. The van der Waals surface area contributed by atoms with Gasteiger partial charge in [-0.1, -0.05) is 22.0 Å². The second-order valence-corrected chi connectivity index (χ2v) is 7.27. The smallest absolute Gasteiger partial charge is 0.262 e. The monoisotopic (exact) mass is 369 g/mol. The average molecular weight is 370 g/mol. The molecule has 0 aliphatic carbocycles. The van der Waals surface area contributed by atoms with Gasteiger partial charge in [0.1, 0.15) is 5.75 Å². The fraction of sp³-hybridized carbons (Fsp3) is 0.200. The lowest BCUT2D eigenvalue weighted by Crippen LogP contribution is -2.14. The van der Waals surface area contributed by atoms with Gasteiger partial charge in [-0.15, -0.1) is 0 Å². The number of aryl methyl sites for hydroxylation is 2. The van der Waals surface area contributed by atoms with Gasteiger partial charge >= 0.3 is 0 Å². The number of methoxy groups -OCH3 is 1. The Hall–Kier alpha value is -1.53. The summed E-state index contributed by atoms with van der Waals surface area (Å²) in [5, 5.41) is 0. The number of halogens is 1. The number of anilines is 1. The van der Waals surface area contributed by atoms with Crippen LogP contribution < -0.4 is 9.46 Å². The van der Waals surface area contributed by atoms with Gasteiger partial charge in [0.25, 0.3) is 10.0 Å². The van der Waals surface area contributed by atoms with Crippen LogP contribution in [0.5, 0.6) is 5.75 Å². The van der Waals surface area contributed by atoms with E-state index in [1.807, 2.05) is 13.0 Å². The van der Waals surface area contributed by atoms with Crippen molar-refractivity contribution in [2.45, 2.75) is 18.7 Å². The predicted octanol–water partition coefficient (Wildman–Crippen LogP) is 3.88. The van der Waals surface area contributed by atoms with Crippen molar-refractivity contribution in [1.82, 2.24) is 0 Å². The van der Waals surface area contributed by atoms with Gasteiger partial charge in [-0.3, -0.25) is 4.72 Å². The van der Waals surface area contributed by atoms with Crippen LogP contribution in [0.4, 0.5) is 5.69 Å². The molecule has 2 rings (SSSR count). The third-order valence-electron chi connectivity index (χ3n) is 3.09. The van der Waals surface area contributed by atoms with Crippen LogP contribution in [-0.2, 0) is 10.0 Å². The lowest BCUT2D eigenvalue weighted by Gasteiger charge is -2.12. The van der Waals surface area contributed by atoms with E-state index >= 15 is 0 Å². The minimum absolute atomic E-state index is 0.255. The van der Waals surface area contributed by atoms with Gasteiger partial charge in [0, 0.05) is 10.2 Å². The first kappa shape index (κ1) is 15.9. The van der Waals surface area contributed by atoms with E-state index in [9.17, 15) is 8.42 Å². The lowest BCUT2D eigenvalue weighted by atomic mass is 10.2. The summed E-state index contributed by atoms with van der Waals surface area (Å²) in [6, 6.07) is 10.3. The third kappa shape index (κ3) is 3.57. The zero-order valence-electron chi connectivity index (χ0n) is 12.0. The van der Waals surface area contributed by atoms with E-state index in [4.69, 9.17) is 4.74 Å². The SMILES string of the molecule is COc1ccc(NS(=O)(=O)c2cc(Br)ccc2C)cc1C. The van der Waals surface area contributed by atoms with Crippen molar-refractivity contribution in [2.75, 3.05) is 11.8 Å². The summed E-state index contributed by atoms with van der Waals surface area (Å²) in [5.41, 5.74) is 2.06. The minimum Gasteiger partial charge on any atom is -0.496 e. The maximum absolute atomic E-state index is 12.5. The van der Waals surface area contributed by atoms with E-state index < -0.39 is 10.0 Å². The summed E-state index contributed by atoms with van der Waals surface area (Å²) in [6.45, 7) is 3.63. The van der Waals surface area contributed by atoms with Crippen molar-refractivity contribution in [3.8, 4) is 5.75 Å². The summed E-state index contributed by atoms with van der Waals surface area (Å²) < 4.78 is 33.4. The molecule has 21 heavy (non-hydrogen) atoms. The fourth-order valence-electron chi connectivity index (χ4n) is 2.02. The number of benzene rings is 2. The minimum atomic E-state index is -3.62. The first-order valence-corrected chi connectivity index (χ1v) is 8.55. The van der Waals surface area contributed by atoms with E-state index in [1.54, 1.807) is 44.4 Å². The third-order valence-corrected chi connectivity index (χ3v) is 5.10. The molecule has 1 N–H and O–H groups in total. The normalized spacial score (nSPS) is 11.2. The van der Waals surface area contributed by atoms with Gasteiger partial charge in [0.15, 0.2) is 0 Å². The molecule has 0 bridgehead atoms. The van der Waals surface area contributed by atoms with E-state index in [2.05, 4.69) is 20.7 Å². The molecule has 0 unspecified atom stereocenters. The standard InChI is InChI=1S/C15H16BrNO3S/c1-10-4-5-12(16)9-15(10)21(18,19)17-13-6-7-14(20-3)11(2)8-13/h4-9,17H,1-3H3. The van der Waals surface area contributed by atoms with E-state index in [1.165, 1.54) is 0 Å². The zero-order valence-corrected chi connectivity index (χ0v) is 14.4. The molecule has 0 radical (unpaired) electrons. The lowest BCUT2D eigenvalue weighted by molar-refractivity contribution is 0.412. The Labute approximate surface area is 133 Å². The molecule has 0 fully saturated rings. The van der Waals surface area contributed by atoms with E-state index in [-0.39, 0.29) is 4.90 Å². The van der Waals surface area contributed by atoms with Gasteiger partial charge in [-0.2, -0.15) is 0 Å². The number of sulfonamides is 1. The van der Waals surface area contributed by atoms with Crippen molar-refractivity contribution in [1.29, 1.82) is 0 Å². The number of nitrogens with one attached hydrogen (secondary N) is 1. The molecular formula is C15H16BrNO3S. The van der Waals surface area contributed by atoms with E-state index in [0.29, 0.717) is 11.3 Å². The Kier molecular flexibility index (Phi) is 4.58.